The molecule has 0 amide bonds. The second-order valence-electron chi connectivity index (χ2n) is 3.18. The molecule has 2 rings (SSSR count). The monoisotopic (exact) mass is 220 g/mol. The van der Waals surface area contributed by atoms with Crippen molar-refractivity contribution in [1.29, 1.82) is 0 Å². The third kappa shape index (κ3) is 1.90. The quantitative estimate of drug-likeness (QED) is 0.773. The Balaban J connectivity index is 2.58. The highest BCUT2D eigenvalue weighted by molar-refractivity contribution is 6.30. The number of aromatic hydroxyl groups is 2. The topological polar surface area (TPSA) is 40.5 Å². The van der Waals surface area contributed by atoms with Crippen molar-refractivity contribution >= 4 is 11.6 Å². The van der Waals surface area contributed by atoms with Crippen LogP contribution in [0.2, 0.25) is 5.02 Å². The molecule has 0 aliphatic rings. The lowest BCUT2D eigenvalue weighted by molar-refractivity contribution is 0.454. The van der Waals surface area contributed by atoms with Crippen LogP contribution in [-0.4, -0.2) is 10.2 Å². The van der Waals surface area contributed by atoms with Crippen molar-refractivity contribution in [2.24, 2.45) is 0 Å². The van der Waals surface area contributed by atoms with Gasteiger partial charge in [0, 0.05) is 5.02 Å². The summed E-state index contributed by atoms with van der Waals surface area (Å²) in [4.78, 5) is 0. The van der Waals surface area contributed by atoms with Crippen molar-refractivity contribution in [3.63, 3.8) is 0 Å². The second kappa shape index (κ2) is 3.83. The van der Waals surface area contributed by atoms with E-state index in [-0.39, 0.29) is 11.5 Å². The fourth-order valence-electron chi connectivity index (χ4n) is 1.44. The van der Waals surface area contributed by atoms with Gasteiger partial charge in [0.15, 0.2) is 0 Å². The highest BCUT2D eigenvalue weighted by Crippen LogP contribution is 2.36. The summed E-state index contributed by atoms with van der Waals surface area (Å²) in [6.45, 7) is 0. The van der Waals surface area contributed by atoms with Crippen LogP contribution in [0.15, 0.2) is 42.5 Å². The zero-order valence-electron chi connectivity index (χ0n) is 7.81. The van der Waals surface area contributed by atoms with E-state index in [0.717, 1.165) is 5.56 Å². The van der Waals surface area contributed by atoms with Gasteiger partial charge in [-0.05, 0) is 29.8 Å². The minimum Gasteiger partial charge on any atom is -0.507 e. The molecule has 3 heteroatoms. The first-order valence-electron chi connectivity index (χ1n) is 4.45. The summed E-state index contributed by atoms with van der Waals surface area (Å²) < 4.78 is 0. The third-order valence-corrected chi connectivity index (χ3v) is 2.41. The molecular weight excluding hydrogens is 212 g/mol. The minimum atomic E-state index is 0.0531. The number of phenolic OH excluding ortho intramolecular Hbond substituents is 2. The molecule has 0 saturated carbocycles. The van der Waals surface area contributed by atoms with E-state index in [1.54, 1.807) is 30.3 Å². The SMILES string of the molecule is Oc1cccc(O)c1-c1ccc(Cl)cc1. The van der Waals surface area contributed by atoms with Crippen molar-refractivity contribution in [2.45, 2.75) is 0 Å². The fourth-order valence-corrected chi connectivity index (χ4v) is 1.57. The van der Waals surface area contributed by atoms with Gasteiger partial charge in [0.2, 0.25) is 0 Å². The lowest BCUT2D eigenvalue weighted by atomic mass is 10.0. The maximum absolute atomic E-state index is 9.62. The molecule has 0 aromatic heterocycles. The van der Waals surface area contributed by atoms with Crippen LogP contribution in [0.25, 0.3) is 11.1 Å². The third-order valence-electron chi connectivity index (χ3n) is 2.15. The summed E-state index contributed by atoms with van der Waals surface area (Å²) in [5.74, 6) is 0.106. The summed E-state index contributed by atoms with van der Waals surface area (Å²) in [5, 5.41) is 19.9. The highest BCUT2D eigenvalue weighted by Gasteiger charge is 2.08. The standard InChI is InChI=1S/C12H9ClO2/c13-9-6-4-8(5-7-9)12-10(14)2-1-3-11(12)15/h1-7,14-15H. The number of hydrogen-bond acceptors (Lipinski definition) is 2. The van der Waals surface area contributed by atoms with E-state index in [0.29, 0.717) is 10.6 Å². The van der Waals surface area contributed by atoms with E-state index < -0.39 is 0 Å². The first kappa shape index (κ1) is 9.87. The average molecular weight is 221 g/mol. The molecule has 0 unspecified atom stereocenters. The van der Waals surface area contributed by atoms with Crippen molar-refractivity contribution in [3.8, 4) is 22.6 Å². The first-order chi connectivity index (χ1) is 7.18. The largest absolute Gasteiger partial charge is 0.507 e. The maximum atomic E-state index is 9.62. The Hall–Kier alpha value is -1.67. The van der Waals surface area contributed by atoms with E-state index in [1.165, 1.54) is 12.1 Å². The van der Waals surface area contributed by atoms with Crippen molar-refractivity contribution in [2.75, 3.05) is 0 Å². The van der Waals surface area contributed by atoms with Gasteiger partial charge in [0.25, 0.3) is 0 Å². The molecule has 76 valence electrons. The van der Waals surface area contributed by atoms with Crippen molar-refractivity contribution < 1.29 is 10.2 Å². The van der Waals surface area contributed by atoms with Gasteiger partial charge in [0.05, 0.1) is 5.56 Å². The molecule has 0 radical (unpaired) electrons. The van der Waals surface area contributed by atoms with E-state index in [9.17, 15) is 10.2 Å². The van der Waals surface area contributed by atoms with Gasteiger partial charge >= 0.3 is 0 Å². The normalized spacial score (nSPS) is 10.2. The Bertz CT molecular complexity index is 457. The Morgan fingerprint density at radius 3 is 1.87 bits per heavy atom. The van der Waals surface area contributed by atoms with Crippen LogP contribution in [0.4, 0.5) is 0 Å². The van der Waals surface area contributed by atoms with Gasteiger partial charge in [-0.3, -0.25) is 0 Å². The molecule has 2 aromatic carbocycles. The summed E-state index contributed by atoms with van der Waals surface area (Å²) in [6, 6.07) is 11.6. The molecule has 0 atom stereocenters. The van der Waals surface area contributed by atoms with Crippen LogP contribution in [0.5, 0.6) is 11.5 Å². The van der Waals surface area contributed by atoms with E-state index in [1.807, 2.05) is 0 Å². The molecule has 2 nitrogen and oxygen atoms in total. The predicted molar refractivity (Wildman–Crippen MR) is 60.2 cm³/mol. The first-order valence-corrected chi connectivity index (χ1v) is 4.83. The Labute approximate surface area is 92.4 Å². The molecule has 0 bridgehead atoms. The summed E-state index contributed by atoms with van der Waals surface area (Å²) in [7, 11) is 0. The number of benzene rings is 2. The van der Waals surface area contributed by atoms with Gasteiger partial charge in [-0.15, -0.1) is 0 Å². The molecular formula is C12H9ClO2. The predicted octanol–water partition coefficient (Wildman–Crippen LogP) is 3.42. The van der Waals surface area contributed by atoms with Crippen LogP contribution >= 0.6 is 11.6 Å². The van der Waals surface area contributed by atoms with Crippen LogP contribution in [0.1, 0.15) is 0 Å². The molecule has 2 N–H and O–H groups in total. The fraction of sp³-hybridized carbons (Fsp3) is 0. The Morgan fingerprint density at radius 1 is 0.800 bits per heavy atom. The zero-order valence-corrected chi connectivity index (χ0v) is 8.57. The number of halogens is 1. The van der Waals surface area contributed by atoms with E-state index in [2.05, 4.69) is 0 Å². The molecule has 0 heterocycles. The van der Waals surface area contributed by atoms with Crippen LogP contribution in [0.3, 0.4) is 0 Å². The zero-order chi connectivity index (χ0) is 10.8. The molecule has 0 aliphatic carbocycles. The molecule has 2 aromatic rings. The van der Waals surface area contributed by atoms with Gasteiger partial charge in [-0.2, -0.15) is 0 Å². The van der Waals surface area contributed by atoms with Gasteiger partial charge in [-0.25, -0.2) is 0 Å². The molecule has 15 heavy (non-hydrogen) atoms. The smallest absolute Gasteiger partial charge is 0.127 e. The average Bonchev–Trinajstić information content (AvgIpc) is 2.20. The van der Waals surface area contributed by atoms with Gasteiger partial charge in [-0.1, -0.05) is 29.8 Å². The lowest BCUT2D eigenvalue weighted by Gasteiger charge is -2.06. The maximum Gasteiger partial charge on any atom is 0.127 e. The number of phenols is 2. The van der Waals surface area contributed by atoms with Crippen LogP contribution < -0.4 is 0 Å². The van der Waals surface area contributed by atoms with Gasteiger partial charge < -0.3 is 10.2 Å². The lowest BCUT2D eigenvalue weighted by Crippen LogP contribution is -1.80. The molecule has 0 aliphatic heterocycles. The minimum absolute atomic E-state index is 0.0531. The van der Waals surface area contributed by atoms with E-state index in [4.69, 9.17) is 11.6 Å². The second-order valence-corrected chi connectivity index (χ2v) is 3.61. The highest BCUT2D eigenvalue weighted by atomic mass is 35.5. The van der Waals surface area contributed by atoms with Crippen LogP contribution in [0, 0.1) is 0 Å². The Morgan fingerprint density at radius 2 is 1.33 bits per heavy atom. The molecule has 0 spiro atoms. The van der Waals surface area contributed by atoms with E-state index >= 15 is 0 Å². The molecule has 0 saturated heterocycles. The molecule has 0 fully saturated rings. The summed E-state index contributed by atoms with van der Waals surface area (Å²) >= 11 is 5.75. The van der Waals surface area contributed by atoms with Crippen molar-refractivity contribution in [3.05, 3.63) is 47.5 Å². The summed E-state index contributed by atoms with van der Waals surface area (Å²) in [6.07, 6.45) is 0. The Kier molecular flexibility index (Phi) is 2.52. The van der Waals surface area contributed by atoms with Gasteiger partial charge in [0.1, 0.15) is 11.5 Å². The van der Waals surface area contributed by atoms with Crippen LogP contribution in [-0.2, 0) is 0 Å². The van der Waals surface area contributed by atoms with Crippen molar-refractivity contribution in [1.82, 2.24) is 0 Å². The summed E-state index contributed by atoms with van der Waals surface area (Å²) in [5.41, 5.74) is 1.16. The number of hydrogen-bond donors (Lipinski definition) is 2. The number of rotatable bonds is 1.